The number of aliphatic hydroxyl groups excluding tert-OH is 1. The number of thiocarbonyl (C=S) groups is 1. The maximum atomic E-state index is 14.4. The number of methoxy groups -OCH3 is 1. The summed E-state index contributed by atoms with van der Waals surface area (Å²) in [7, 11) is 1.59. The highest BCUT2D eigenvalue weighted by molar-refractivity contribution is 7.78. The molecule has 0 heterocycles. The molecule has 130 valence electrons. The topological polar surface area (TPSA) is 51.0 Å². The van der Waals surface area contributed by atoms with Gasteiger partial charge in [-0.15, -0.1) is 0 Å². The summed E-state index contributed by atoms with van der Waals surface area (Å²) in [6, 6.07) is 12.1. The van der Waals surface area contributed by atoms with Gasteiger partial charge in [0.1, 0.15) is 11.6 Å². The van der Waals surface area contributed by atoms with Crippen LogP contribution in [0.2, 0.25) is 0 Å². The molecule has 1 saturated carbocycles. The number of hydrogen-bond acceptors (Lipinski definition) is 5. The molecule has 4 nitrogen and oxygen atoms in total. The van der Waals surface area contributed by atoms with Crippen LogP contribution in [0.1, 0.15) is 24.7 Å². The van der Waals surface area contributed by atoms with Crippen LogP contribution in [0.25, 0.3) is 11.1 Å². The first-order valence-electron chi connectivity index (χ1n) is 7.95. The number of benzene rings is 2. The predicted octanol–water partition coefficient (Wildman–Crippen LogP) is 4.14. The van der Waals surface area contributed by atoms with Crippen LogP contribution in [0.15, 0.2) is 47.5 Å². The summed E-state index contributed by atoms with van der Waals surface area (Å²) < 4.78 is 25.0. The quantitative estimate of drug-likeness (QED) is 0.478. The van der Waals surface area contributed by atoms with E-state index in [1.807, 2.05) is 24.3 Å². The summed E-state index contributed by atoms with van der Waals surface area (Å²) in [5.74, 6) is 0.232. The molecule has 1 N–H and O–H groups in total. The summed E-state index contributed by atoms with van der Waals surface area (Å²) in [5.41, 5.74) is 1.70. The van der Waals surface area contributed by atoms with Gasteiger partial charge in [-0.3, -0.25) is 0 Å². The van der Waals surface area contributed by atoms with Crippen LogP contribution in [0, 0.1) is 5.82 Å². The number of aliphatic hydroxyl groups is 1. The third kappa shape index (κ3) is 4.11. The highest BCUT2D eigenvalue weighted by Crippen LogP contribution is 2.32. The molecule has 1 fully saturated rings. The fraction of sp³-hybridized carbons (Fsp3) is 0.316. The first-order valence-corrected chi connectivity index (χ1v) is 8.36. The number of isothiocyanates is 1. The lowest BCUT2D eigenvalue weighted by Crippen LogP contribution is -2.35. The van der Waals surface area contributed by atoms with Crippen molar-refractivity contribution in [2.75, 3.05) is 7.11 Å². The second-order valence-electron chi connectivity index (χ2n) is 5.92. The molecule has 1 aliphatic carbocycles. The molecule has 1 unspecified atom stereocenters. The first-order chi connectivity index (χ1) is 12.1. The molecule has 25 heavy (non-hydrogen) atoms. The molecule has 0 aliphatic heterocycles. The van der Waals surface area contributed by atoms with Gasteiger partial charge >= 0.3 is 0 Å². The Balaban J connectivity index is 1.67. The highest BCUT2D eigenvalue weighted by Gasteiger charge is 2.32. The second-order valence-corrected chi connectivity index (χ2v) is 6.10. The maximum absolute atomic E-state index is 14.4. The Bertz CT molecular complexity index is 784. The number of aliphatic imine (C=N–C) groups is 1. The Morgan fingerprint density at radius 2 is 1.88 bits per heavy atom. The van der Waals surface area contributed by atoms with Gasteiger partial charge in [-0.05, 0) is 54.4 Å². The van der Waals surface area contributed by atoms with E-state index < -0.39 is 12.1 Å². The Hall–Kier alpha value is -2.11. The van der Waals surface area contributed by atoms with E-state index in [1.54, 1.807) is 19.2 Å². The zero-order valence-corrected chi connectivity index (χ0v) is 14.5. The molecule has 0 bridgehead atoms. The SMILES string of the molecule is COc1ccc(-c2ccc(C(O)O[C@H]3C[C@@H](N=C=S)C3)c(F)c2)cc1. The van der Waals surface area contributed by atoms with Gasteiger partial charge in [0.25, 0.3) is 0 Å². The molecule has 0 radical (unpaired) electrons. The third-order valence-corrected chi connectivity index (χ3v) is 4.42. The van der Waals surface area contributed by atoms with Crippen LogP contribution in [0.4, 0.5) is 4.39 Å². The van der Waals surface area contributed by atoms with E-state index in [0.29, 0.717) is 12.8 Å². The minimum Gasteiger partial charge on any atom is -0.497 e. The Kier molecular flexibility index (Phi) is 5.56. The molecular formula is C19H18FNO3S. The number of hydrogen-bond donors (Lipinski definition) is 1. The largest absolute Gasteiger partial charge is 0.497 e. The molecule has 1 aliphatic rings. The van der Waals surface area contributed by atoms with E-state index >= 15 is 0 Å². The lowest BCUT2D eigenvalue weighted by molar-refractivity contribution is -0.164. The van der Waals surface area contributed by atoms with Crippen molar-refractivity contribution in [3.05, 3.63) is 53.8 Å². The molecule has 6 heteroatoms. The standard InChI is InChI=1S/C19H18FNO3S/c1-23-15-5-2-12(3-6-15)13-4-7-17(18(20)8-13)19(22)24-16-9-14(10-16)21-11-25/h2-8,14,16,19,22H,9-10H2,1H3/t14-,16+,19?. The molecule has 2 aromatic rings. The lowest BCUT2D eigenvalue weighted by Gasteiger charge is -2.33. The van der Waals surface area contributed by atoms with Crippen LogP contribution in [0.5, 0.6) is 5.75 Å². The lowest BCUT2D eigenvalue weighted by atomic mass is 9.90. The zero-order valence-electron chi connectivity index (χ0n) is 13.7. The van der Waals surface area contributed by atoms with Crippen molar-refractivity contribution in [3.63, 3.8) is 0 Å². The van der Waals surface area contributed by atoms with Crippen molar-refractivity contribution in [3.8, 4) is 16.9 Å². The van der Waals surface area contributed by atoms with Crippen LogP contribution < -0.4 is 4.74 Å². The van der Waals surface area contributed by atoms with Crippen LogP contribution in [0.3, 0.4) is 0 Å². The van der Waals surface area contributed by atoms with Gasteiger partial charge in [-0.2, -0.15) is 0 Å². The molecule has 0 aromatic heterocycles. The minimum atomic E-state index is -1.30. The second kappa shape index (κ2) is 7.85. The van der Waals surface area contributed by atoms with Gasteiger partial charge < -0.3 is 14.6 Å². The monoisotopic (exact) mass is 359 g/mol. The van der Waals surface area contributed by atoms with Crippen molar-refractivity contribution in [2.24, 2.45) is 4.99 Å². The fourth-order valence-electron chi connectivity index (χ4n) is 2.77. The predicted molar refractivity (Wildman–Crippen MR) is 96.3 cm³/mol. The summed E-state index contributed by atoms with van der Waals surface area (Å²) in [4.78, 5) is 3.96. The van der Waals surface area contributed by atoms with Gasteiger partial charge in [0, 0.05) is 5.56 Å². The van der Waals surface area contributed by atoms with Gasteiger partial charge in [-0.25, -0.2) is 9.38 Å². The molecular weight excluding hydrogens is 341 g/mol. The average molecular weight is 359 g/mol. The average Bonchev–Trinajstić information content (AvgIpc) is 2.59. The third-order valence-electron chi connectivity index (χ3n) is 4.32. The molecule has 3 rings (SSSR count). The van der Waals surface area contributed by atoms with Crippen molar-refractivity contribution < 1.29 is 19.0 Å². The van der Waals surface area contributed by atoms with E-state index in [9.17, 15) is 9.50 Å². The van der Waals surface area contributed by atoms with Crippen molar-refractivity contribution in [2.45, 2.75) is 31.3 Å². The van der Waals surface area contributed by atoms with E-state index in [1.165, 1.54) is 6.07 Å². The molecule has 0 spiro atoms. The van der Waals surface area contributed by atoms with E-state index in [2.05, 4.69) is 22.4 Å². The Labute approximate surface area is 150 Å². The summed E-state index contributed by atoms with van der Waals surface area (Å²) in [5, 5.41) is 12.5. The zero-order chi connectivity index (χ0) is 17.8. The van der Waals surface area contributed by atoms with Crippen LogP contribution in [-0.4, -0.2) is 29.5 Å². The molecule has 1 atom stereocenters. The highest BCUT2D eigenvalue weighted by atomic mass is 32.1. The molecule has 0 saturated heterocycles. The van der Waals surface area contributed by atoms with Gasteiger partial charge in [0.2, 0.25) is 0 Å². The number of ether oxygens (including phenoxy) is 2. The molecule has 2 aromatic carbocycles. The van der Waals surface area contributed by atoms with Crippen molar-refractivity contribution >= 4 is 17.4 Å². The van der Waals surface area contributed by atoms with Crippen molar-refractivity contribution in [1.82, 2.24) is 0 Å². The summed E-state index contributed by atoms with van der Waals surface area (Å²) in [6.07, 6.45) is -0.126. The Morgan fingerprint density at radius 3 is 2.48 bits per heavy atom. The van der Waals surface area contributed by atoms with E-state index in [-0.39, 0.29) is 17.7 Å². The Morgan fingerprint density at radius 1 is 1.20 bits per heavy atom. The molecule has 0 amide bonds. The van der Waals surface area contributed by atoms with Crippen LogP contribution in [-0.2, 0) is 4.74 Å². The summed E-state index contributed by atoms with van der Waals surface area (Å²) >= 11 is 4.55. The summed E-state index contributed by atoms with van der Waals surface area (Å²) in [6.45, 7) is 0. The van der Waals surface area contributed by atoms with Gasteiger partial charge in [0.05, 0.1) is 24.4 Å². The number of rotatable bonds is 6. The fourth-order valence-corrected chi connectivity index (χ4v) is 2.92. The first kappa shape index (κ1) is 17.7. The normalized spacial score (nSPS) is 20.3. The van der Waals surface area contributed by atoms with Gasteiger partial charge in [-0.1, -0.05) is 24.3 Å². The smallest absolute Gasteiger partial charge is 0.184 e. The minimum absolute atomic E-state index is 0.0944. The van der Waals surface area contributed by atoms with E-state index in [4.69, 9.17) is 9.47 Å². The van der Waals surface area contributed by atoms with Crippen LogP contribution >= 0.6 is 12.2 Å². The van der Waals surface area contributed by atoms with E-state index in [0.717, 1.165) is 16.9 Å². The maximum Gasteiger partial charge on any atom is 0.184 e. The number of halogens is 1. The van der Waals surface area contributed by atoms with Gasteiger partial charge in [0.15, 0.2) is 6.29 Å². The number of nitrogens with zero attached hydrogens (tertiary/aromatic N) is 1. The van der Waals surface area contributed by atoms with Crippen molar-refractivity contribution in [1.29, 1.82) is 0 Å².